The van der Waals surface area contributed by atoms with E-state index in [1.165, 1.54) is 11.8 Å². The molecule has 3 N–H and O–H groups in total. The maximum absolute atomic E-state index is 6.50. The molecule has 3 heterocycles. The van der Waals surface area contributed by atoms with Gasteiger partial charge in [0, 0.05) is 24.8 Å². The number of thioether (sulfide) groups is 1. The van der Waals surface area contributed by atoms with E-state index < -0.39 is 0 Å². The van der Waals surface area contributed by atoms with Gasteiger partial charge in [0.05, 0.1) is 10.4 Å². The first-order chi connectivity index (χ1) is 9.63. The van der Waals surface area contributed by atoms with E-state index in [0.29, 0.717) is 0 Å². The van der Waals surface area contributed by atoms with Gasteiger partial charge in [0.1, 0.15) is 11.5 Å². The molecule has 0 spiro atoms. The van der Waals surface area contributed by atoms with Crippen molar-refractivity contribution >= 4 is 40.2 Å². The second-order valence-corrected chi connectivity index (χ2v) is 6.17. The molecule has 0 aliphatic carbocycles. The Labute approximate surface area is 127 Å². The summed E-state index contributed by atoms with van der Waals surface area (Å²) in [6, 6.07) is 0.209. The number of fused-ring (bicyclic) bond motifs is 1. The van der Waals surface area contributed by atoms with Crippen molar-refractivity contribution in [2.24, 2.45) is 5.73 Å². The first-order valence-electron chi connectivity index (χ1n) is 6.76. The monoisotopic (exact) mass is 311 g/mol. The van der Waals surface area contributed by atoms with Crippen LogP contribution in [0.1, 0.15) is 19.0 Å². The molecule has 5 nitrogen and oxygen atoms in total. The third-order valence-corrected chi connectivity index (χ3v) is 4.65. The number of aromatic nitrogens is 3. The van der Waals surface area contributed by atoms with E-state index in [1.54, 1.807) is 0 Å². The molecule has 1 fully saturated rings. The highest BCUT2D eigenvalue weighted by Gasteiger charge is 2.25. The molecule has 0 bridgehead atoms. The number of H-pyrrole nitrogens is 1. The molecular formula is C13H18ClN5S. The Morgan fingerprint density at radius 1 is 1.50 bits per heavy atom. The van der Waals surface area contributed by atoms with E-state index in [2.05, 4.69) is 26.8 Å². The van der Waals surface area contributed by atoms with Crippen LogP contribution in [0.2, 0.25) is 5.02 Å². The molecule has 1 unspecified atom stereocenters. The number of aryl methyl sites for hydroxylation is 1. The zero-order valence-electron chi connectivity index (χ0n) is 11.6. The SMILES string of the molecule is CCc1[nH]c2nc(SC)nc(N3CCC(N)C3)c2c1Cl. The van der Waals surface area contributed by atoms with Crippen LogP contribution in [0.15, 0.2) is 5.16 Å². The third kappa shape index (κ3) is 2.25. The zero-order chi connectivity index (χ0) is 14.3. The lowest BCUT2D eigenvalue weighted by atomic mass is 10.3. The van der Waals surface area contributed by atoms with Gasteiger partial charge in [0.2, 0.25) is 0 Å². The summed E-state index contributed by atoms with van der Waals surface area (Å²) < 4.78 is 0. The van der Waals surface area contributed by atoms with Crippen LogP contribution >= 0.6 is 23.4 Å². The summed E-state index contributed by atoms with van der Waals surface area (Å²) in [6.45, 7) is 3.82. The minimum absolute atomic E-state index is 0.209. The van der Waals surface area contributed by atoms with Gasteiger partial charge in [-0.2, -0.15) is 0 Å². The van der Waals surface area contributed by atoms with Gasteiger partial charge in [-0.15, -0.1) is 0 Å². The summed E-state index contributed by atoms with van der Waals surface area (Å²) in [4.78, 5) is 14.7. The topological polar surface area (TPSA) is 70.8 Å². The number of hydrogen-bond donors (Lipinski definition) is 2. The molecule has 0 aromatic carbocycles. The number of halogens is 1. The Hall–Kier alpha value is -0.980. The van der Waals surface area contributed by atoms with Crippen LogP contribution in [-0.4, -0.2) is 40.3 Å². The average Bonchev–Trinajstić information content (AvgIpc) is 3.02. The van der Waals surface area contributed by atoms with Crippen LogP contribution in [0.3, 0.4) is 0 Å². The van der Waals surface area contributed by atoms with E-state index in [0.717, 1.165) is 58.7 Å². The lowest BCUT2D eigenvalue weighted by molar-refractivity contribution is 0.751. The van der Waals surface area contributed by atoms with Crippen LogP contribution in [0, 0.1) is 0 Å². The summed E-state index contributed by atoms with van der Waals surface area (Å²) in [6.07, 6.45) is 3.82. The highest BCUT2D eigenvalue weighted by molar-refractivity contribution is 7.98. The summed E-state index contributed by atoms with van der Waals surface area (Å²) in [7, 11) is 0. The zero-order valence-corrected chi connectivity index (χ0v) is 13.2. The van der Waals surface area contributed by atoms with Gasteiger partial charge in [-0.3, -0.25) is 0 Å². The normalized spacial score (nSPS) is 19.2. The number of rotatable bonds is 3. The van der Waals surface area contributed by atoms with Gasteiger partial charge in [0.15, 0.2) is 5.16 Å². The number of hydrogen-bond acceptors (Lipinski definition) is 5. The predicted molar refractivity (Wildman–Crippen MR) is 84.9 cm³/mol. The highest BCUT2D eigenvalue weighted by atomic mass is 35.5. The fourth-order valence-corrected chi connectivity index (χ4v) is 3.33. The minimum atomic E-state index is 0.209. The molecule has 1 aliphatic rings. The number of nitrogens with zero attached hydrogens (tertiary/aromatic N) is 3. The smallest absolute Gasteiger partial charge is 0.191 e. The van der Waals surface area contributed by atoms with E-state index in [-0.39, 0.29) is 6.04 Å². The first kappa shape index (κ1) is 14.0. The van der Waals surface area contributed by atoms with Crippen LogP contribution < -0.4 is 10.6 Å². The van der Waals surface area contributed by atoms with E-state index in [9.17, 15) is 0 Å². The van der Waals surface area contributed by atoms with Crippen molar-refractivity contribution < 1.29 is 0 Å². The lowest BCUT2D eigenvalue weighted by Crippen LogP contribution is -2.27. The van der Waals surface area contributed by atoms with Crippen molar-refractivity contribution in [2.45, 2.75) is 31.0 Å². The second kappa shape index (κ2) is 5.42. The molecule has 0 radical (unpaired) electrons. The van der Waals surface area contributed by atoms with Crippen molar-refractivity contribution in [1.29, 1.82) is 0 Å². The summed E-state index contributed by atoms with van der Waals surface area (Å²) in [5, 5.41) is 2.43. The second-order valence-electron chi connectivity index (χ2n) is 5.02. The molecular weight excluding hydrogens is 294 g/mol. The maximum atomic E-state index is 6.50. The van der Waals surface area contributed by atoms with Gasteiger partial charge in [-0.1, -0.05) is 30.3 Å². The van der Waals surface area contributed by atoms with Crippen molar-refractivity contribution in [2.75, 3.05) is 24.2 Å². The number of nitrogens with one attached hydrogen (secondary N) is 1. The van der Waals surface area contributed by atoms with Gasteiger partial charge in [0.25, 0.3) is 0 Å². The van der Waals surface area contributed by atoms with E-state index in [4.69, 9.17) is 17.3 Å². The largest absolute Gasteiger partial charge is 0.354 e. The molecule has 1 aliphatic heterocycles. The molecule has 2 aromatic rings. The van der Waals surface area contributed by atoms with Crippen molar-refractivity contribution in [3.8, 4) is 0 Å². The van der Waals surface area contributed by atoms with Crippen LogP contribution in [0.4, 0.5) is 5.82 Å². The maximum Gasteiger partial charge on any atom is 0.191 e. The Balaban J connectivity index is 2.19. The fraction of sp³-hybridized carbons (Fsp3) is 0.538. The average molecular weight is 312 g/mol. The summed E-state index contributed by atoms with van der Waals surface area (Å²) in [5.74, 6) is 0.910. The third-order valence-electron chi connectivity index (χ3n) is 3.68. The summed E-state index contributed by atoms with van der Waals surface area (Å²) in [5.41, 5.74) is 7.85. The Morgan fingerprint density at radius 3 is 2.90 bits per heavy atom. The number of nitrogens with two attached hydrogens (primary N) is 1. The van der Waals surface area contributed by atoms with Crippen molar-refractivity contribution in [1.82, 2.24) is 15.0 Å². The standard InChI is InChI=1S/C13H18ClN5S/c1-3-8-10(14)9-11(16-8)17-13(20-2)18-12(9)19-5-4-7(15)6-19/h7H,3-6,15H2,1-2H3,(H,16,17,18). The fourth-order valence-electron chi connectivity index (χ4n) is 2.61. The lowest BCUT2D eigenvalue weighted by Gasteiger charge is -2.18. The molecule has 1 saturated heterocycles. The number of aromatic amines is 1. The van der Waals surface area contributed by atoms with Crippen LogP contribution in [0.25, 0.3) is 11.0 Å². The van der Waals surface area contributed by atoms with Crippen LogP contribution in [0.5, 0.6) is 0 Å². The highest BCUT2D eigenvalue weighted by Crippen LogP contribution is 2.35. The molecule has 3 rings (SSSR count). The van der Waals surface area contributed by atoms with E-state index >= 15 is 0 Å². The Bertz CT molecular complexity index is 641. The molecule has 2 aromatic heterocycles. The predicted octanol–water partition coefficient (Wildman–Crippen LogP) is 2.43. The van der Waals surface area contributed by atoms with Gasteiger partial charge in [-0.25, -0.2) is 9.97 Å². The molecule has 1 atom stereocenters. The van der Waals surface area contributed by atoms with Crippen LogP contribution in [-0.2, 0) is 6.42 Å². The minimum Gasteiger partial charge on any atom is -0.354 e. The van der Waals surface area contributed by atoms with Crippen molar-refractivity contribution in [3.05, 3.63) is 10.7 Å². The Morgan fingerprint density at radius 2 is 2.30 bits per heavy atom. The molecule has 0 saturated carbocycles. The Kier molecular flexibility index (Phi) is 3.79. The summed E-state index contributed by atoms with van der Waals surface area (Å²) >= 11 is 8.03. The molecule has 0 amide bonds. The molecule has 20 heavy (non-hydrogen) atoms. The van der Waals surface area contributed by atoms with E-state index in [1.807, 2.05) is 6.26 Å². The first-order valence-corrected chi connectivity index (χ1v) is 8.37. The van der Waals surface area contributed by atoms with Crippen molar-refractivity contribution in [3.63, 3.8) is 0 Å². The van der Waals surface area contributed by atoms with Gasteiger partial charge < -0.3 is 15.6 Å². The number of anilines is 1. The molecule has 7 heteroatoms. The molecule has 108 valence electrons. The quantitative estimate of drug-likeness (QED) is 0.673. The van der Waals surface area contributed by atoms with Gasteiger partial charge >= 0.3 is 0 Å². The van der Waals surface area contributed by atoms with Gasteiger partial charge in [-0.05, 0) is 19.1 Å².